The number of H-pyrrole nitrogens is 1. The molecule has 0 radical (unpaired) electrons. The van der Waals surface area contributed by atoms with Crippen molar-refractivity contribution in [1.82, 2.24) is 15.2 Å². The molecule has 0 atom stereocenters. The van der Waals surface area contributed by atoms with Gasteiger partial charge >= 0.3 is 0 Å². The maximum atomic E-state index is 11.2. The number of methoxy groups -OCH3 is 1. The van der Waals surface area contributed by atoms with Gasteiger partial charge in [-0.2, -0.15) is 0 Å². The number of ether oxygens (including phenoxy) is 1. The van der Waals surface area contributed by atoms with E-state index in [9.17, 15) is 4.79 Å². The van der Waals surface area contributed by atoms with Crippen LogP contribution in [0, 0.1) is 6.92 Å². The molecule has 0 bridgehead atoms. The number of aromatic amines is 1. The highest BCUT2D eigenvalue weighted by Gasteiger charge is 2.20. The molecule has 130 valence electrons. The number of hydrogen-bond donors (Lipinski definition) is 2. The molecule has 1 aliphatic rings. The molecular weight excluding hydrogens is 302 g/mol. The zero-order valence-electron chi connectivity index (χ0n) is 14.8. The summed E-state index contributed by atoms with van der Waals surface area (Å²) in [6.07, 6.45) is 3.12. The normalized spacial score (nSPS) is 16.5. The monoisotopic (exact) mass is 329 g/mol. The van der Waals surface area contributed by atoms with Crippen LogP contribution in [0.1, 0.15) is 31.0 Å². The van der Waals surface area contributed by atoms with Crippen molar-refractivity contribution >= 4 is 16.8 Å². The minimum absolute atomic E-state index is 0.0804. The molecule has 1 aromatic carbocycles. The van der Waals surface area contributed by atoms with Crippen molar-refractivity contribution in [3.05, 3.63) is 29.5 Å². The summed E-state index contributed by atoms with van der Waals surface area (Å²) in [5.74, 6) is 0.982. The fourth-order valence-electron chi connectivity index (χ4n) is 3.67. The number of piperidine rings is 1. The molecule has 1 fully saturated rings. The first-order valence-corrected chi connectivity index (χ1v) is 8.71. The first-order valence-electron chi connectivity index (χ1n) is 8.71. The van der Waals surface area contributed by atoms with E-state index in [2.05, 4.69) is 34.3 Å². The number of rotatable bonds is 5. The fraction of sp³-hybridized carbons (Fsp3) is 0.526. The number of amides is 1. The van der Waals surface area contributed by atoms with Crippen LogP contribution >= 0.6 is 0 Å². The summed E-state index contributed by atoms with van der Waals surface area (Å²) in [6, 6.07) is 6.55. The predicted molar refractivity (Wildman–Crippen MR) is 96.6 cm³/mol. The Bertz CT molecular complexity index is 715. The standard InChI is InChI=1S/C19H27N3O2/c1-13-17(18-12-16(24-3)4-5-19(18)20-13)8-11-22-9-6-15(7-10-22)21-14(2)23/h4-5,12,15,20H,6-11H2,1-3H3,(H,21,23). The molecular formula is C19H27N3O2. The molecule has 24 heavy (non-hydrogen) atoms. The van der Waals surface area contributed by atoms with Gasteiger partial charge in [0.05, 0.1) is 7.11 Å². The average molecular weight is 329 g/mol. The van der Waals surface area contributed by atoms with E-state index < -0.39 is 0 Å². The molecule has 0 saturated carbocycles. The Hall–Kier alpha value is -2.01. The molecule has 5 nitrogen and oxygen atoms in total. The van der Waals surface area contributed by atoms with Crippen molar-refractivity contribution in [1.29, 1.82) is 0 Å². The van der Waals surface area contributed by atoms with Crippen LogP contribution in [-0.4, -0.2) is 48.6 Å². The highest BCUT2D eigenvalue weighted by Crippen LogP contribution is 2.27. The van der Waals surface area contributed by atoms with Crippen LogP contribution in [0.3, 0.4) is 0 Å². The van der Waals surface area contributed by atoms with E-state index >= 15 is 0 Å². The highest BCUT2D eigenvalue weighted by atomic mass is 16.5. The smallest absolute Gasteiger partial charge is 0.217 e. The average Bonchev–Trinajstić information content (AvgIpc) is 2.88. The Morgan fingerprint density at radius 2 is 2.12 bits per heavy atom. The van der Waals surface area contributed by atoms with Crippen LogP contribution in [0.4, 0.5) is 0 Å². The van der Waals surface area contributed by atoms with Crippen LogP contribution in [0.5, 0.6) is 5.75 Å². The Kier molecular flexibility index (Phi) is 5.09. The molecule has 1 aliphatic heterocycles. The number of fused-ring (bicyclic) bond motifs is 1. The summed E-state index contributed by atoms with van der Waals surface area (Å²) in [4.78, 5) is 17.1. The highest BCUT2D eigenvalue weighted by molar-refractivity contribution is 5.86. The lowest BCUT2D eigenvalue weighted by atomic mass is 10.0. The molecule has 1 amide bonds. The van der Waals surface area contributed by atoms with Gasteiger partial charge in [-0.1, -0.05) is 0 Å². The van der Waals surface area contributed by atoms with Gasteiger partial charge in [-0.3, -0.25) is 4.79 Å². The number of aromatic nitrogens is 1. The third-order valence-electron chi connectivity index (χ3n) is 5.00. The number of benzene rings is 1. The van der Waals surface area contributed by atoms with E-state index in [1.807, 2.05) is 6.07 Å². The van der Waals surface area contributed by atoms with Crippen LogP contribution in [-0.2, 0) is 11.2 Å². The summed E-state index contributed by atoms with van der Waals surface area (Å²) in [5.41, 5.74) is 3.80. The van der Waals surface area contributed by atoms with Crippen molar-refractivity contribution in [3.8, 4) is 5.75 Å². The molecule has 2 heterocycles. The van der Waals surface area contributed by atoms with Gasteiger partial charge in [-0.15, -0.1) is 0 Å². The molecule has 5 heteroatoms. The number of carbonyl (C=O) groups is 1. The first-order chi connectivity index (χ1) is 11.6. The van der Waals surface area contributed by atoms with Gasteiger partial charge in [0.15, 0.2) is 0 Å². The van der Waals surface area contributed by atoms with Crippen LogP contribution in [0.2, 0.25) is 0 Å². The van der Waals surface area contributed by atoms with E-state index in [1.54, 1.807) is 14.0 Å². The lowest BCUT2D eigenvalue weighted by Gasteiger charge is -2.32. The molecule has 0 aliphatic carbocycles. The summed E-state index contributed by atoms with van der Waals surface area (Å²) in [5, 5.41) is 4.30. The first kappa shape index (κ1) is 16.8. The van der Waals surface area contributed by atoms with E-state index in [4.69, 9.17) is 4.74 Å². The molecule has 0 unspecified atom stereocenters. The molecule has 0 spiro atoms. The maximum Gasteiger partial charge on any atom is 0.217 e. The van der Waals surface area contributed by atoms with Gasteiger partial charge in [-0.25, -0.2) is 0 Å². The Morgan fingerprint density at radius 3 is 2.79 bits per heavy atom. The maximum absolute atomic E-state index is 11.2. The molecule has 3 rings (SSSR count). The van der Waals surface area contributed by atoms with Gasteiger partial charge < -0.3 is 19.9 Å². The van der Waals surface area contributed by atoms with Crippen LogP contribution < -0.4 is 10.1 Å². The largest absolute Gasteiger partial charge is 0.497 e. The van der Waals surface area contributed by atoms with E-state index in [0.29, 0.717) is 6.04 Å². The number of aryl methyl sites for hydroxylation is 1. The number of hydrogen-bond acceptors (Lipinski definition) is 3. The van der Waals surface area contributed by atoms with E-state index in [1.165, 1.54) is 22.2 Å². The Balaban J connectivity index is 1.62. The molecule has 1 saturated heterocycles. The minimum atomic E-state index is 0.0804. The molecule has 1 aromatic heterocycles. The van der Waals surface area contributed by atoms with Gasteiger partial charge in [0.2, 0.25) is 5.91 Å². The van der Waals surface area contributed by atoms with Gasteiger partial charge in [0.1, 0.15) is 5.75 Å². The topological polar surface area (TPSA) is 57.4 Å². The van der Waals surface area contributed by atoms with Crippen molar-refractivity contribution in [2.45, 2.75) is 39.2 Å². The zero-order valence-corrected chi connectivity index (χ0v) is 14.8. The minimum Gasteiger partial charge on any atom is -0.497 e. The zero-order chi connectivity index (χ0) is 17.1. The van der Waals surface area contributed by atoms with Gasteiger partial charge in [-0.05, 0) is 49.9 Å². The second-order valence-corrected chi connectivity index (χ2v) is 6.71. The second kappa shape index (κ2) is 7.26. The number of likely N-dealkylation sites (tertiary alicyclic amines) is 1. The van der Waals surface area contributed by atoms with Crippen LogP contribution in [0.25, 0.3) is 10.9 Å². The second-order valence-electron chi connectivity index (χ2n) is 6.71. The summed E-state index contributed by atoms with van der Waals surface area (Å²) in [7, 11) is 1.71. The summed E-state index contributed by atoms with van der Waals surface area (Å²) < 4.78 is 5.37. The third kappa shape index (κ3) is 3.73. The molecule has 2 aromatic rings. The lowest BCUT2D eigenvalue weighted by molar-refractivity contribution is -0.119. The van der Waals surface area contributed by atoms with Crippen molar-refractivity contribution in [3.63, 3.8) is 0 Å². The SMILES string of the molecule is COc1ccc2[nH]c(C)c(CCN3CCC(NC(C)=O)CC3)c2c1. The van der Waals surface area contributed by atoms with Crippen molar-refractivity contribution < 1.29 is 9.53 Å². The molecule has 2 N–H and O–H groups in total. The third-order valence-corrected chi connectivity index (χ3v) is 5.00. The summed E-state index contributed by atoms with van der Waals surface area (Å²) >= 11 is 0. The fourth-order valence-corrected chi connectivity index (χ4v) is 3.67. The number of nitrogens with one attached hydrogen (secondary N) is 2. The number of carbonyl (C=O) groups excluding carboxylic acids is 1. The van der Waals surface area contributed by atoms with E-state index in [-0.39, 0.29) is 5.91 Å². The van der Waals surface area contributed by atoms with Crippen molar-refractivity contribution in [2.24, 2.45) is 0 Å². The predicted octanol–water partition coefficient (Wildman–Crippen LogP) is 2.63. The number of nitrogens with zero attached hydrogens (tertiary/aromatic N) is 1. The quantitative estimate of drug-likeness (QED) is 0.886. The van der Waals surface area contributed by atoms with Gasteiger partial charge in [0.25, 0.3) is 0 Å². The summed E-state index contributed by atoms with van der Waals surface area (Å²) in [6.45, 7) is 6.90. The Labute approximate surface area is 143 Å². The Morgan fingerprint density at radius 1 is 1.38 bits per heavy atom. The van der Waals surface area contributed by atoms with Crippen molar-refractivity contribution in [2.75, 3.05) is 26.7 Å². The lowest BCUT2D eigenvalue weighted by Crippen LogP contribution is -2.44. The van der Waals surface area contributed by atoms with Crippen LogP contribution in [0.15, 0.2) is 18.2 Å². The van der Waals surface area contributed by atoms with E-state index in [0.717, 1.165) is 44.6 Å². The van der Waals surface area contributed by atoms with Gasteiger partial charge in [0, 0.05) is 49.2 Å².